The Morgan fingerprint density at radius 1 is 1.07 bits per heavy atom. The van der Waals surface area contributed by atoms with Crippen molar-refractivity contribution in [2.24, 2.45) is 5.16 Å². The number of nitrogens with zero attached hydrogens (tertiary/aromatic N) is 3. The Labute approximate surface area is 248 Å². The fourth-order valence-electron chi connectivity index (χ4n) is 4.87. The van der Waals surface area contributed by atoms with Gasteiger partial charge in [-0.15, -0.1) is 0 Å². The summed E-state index contributed by atoms with van der Waals surface area (Å²) in [6, 6.07) is 9.63. The van der Waals surface area contributed by atoms with E-state index in [9.17, 15) is 13.2 Å². The van der Waals surface area contributed by atoms with Crippen LogP contribution in [0.5, 0.6) is 5.88 Å². The lowest BCUT2D eigenvalue weighted by Gasteiger charge is -2.12. The van der Waals surface area contributed by atoms with Gasteiger partial charge in [-0.25, -0.2) is 18.4 Å². The van der Waals surface area contributed by atoms with Crippen LogP contribution >= 0.6 is 11.3 Å². The van der Waals surface area contributed by atoms with Crippen LogP contribution in [0.4, 0.5) is 5.13 Å². The minimum Gasteiger partial charge on any atom is -0.473 e. The summed E-state index contributed by atoms with van der Waals surface area (Å²) in [6.45, 7) is 2.05. The number of pyridine rings is 1. The van der Waals surface area contributed by atoms with Gasteiger partial charge in [0, 0.05) is 45.4 Å². The molecule has 1 aliphatic heterocycles. The number of carbonyl (C=O) groups excluding carboxylic acids is 1. The maximum Gasteiger partial charge on any atom is 0.280 e. The number of ether oxygens (including phenoxy) is 3. The summed E-state index contributed by atoms with van der Waals surface area (Å²) in [5.41, 5.74) is 1.04. The highest BCUT2D eigenvalue weighted by Crippen LogP contribution is 2.28. The van der Waals surface area contributed by atoms with Crippen molar-refractivity contribution in [2.75, 3.05) is 45.0 Å². The molecule has 3 aromatic rings. The fourth-order valence-corrected chi connectivity index (χ4v) is 6.98. The first-order valence-electron chi connectivity index (χ1n) is 13.9. The molecule has 1 saturated heterocycles. The number of thiazole rings is 1. The quantitative estimate of drug-likeness (QED) is 0.166. The molecule has 1 aromatic carbocycles. The van der Waals surface area contributed by atoms with Gasteiger partial charge in [-0.05, 0) is 50.4 Å². The Balaban J connectivity index is 1.34. The van der Waals surface area contributed by atoms with Crippen LogP contribution in [0.1, 0.15) is 37.7 Å². The SMILES string of the molecule is COCCCS(=O)(=O)c1ccc(C(=NO[C@@H]2CC[C@@H](OC)C2)C(=O)Nc2nc3ccc(O[C@@H]4CCNC4)nc3s2)cc1. The molecule has 3 heterocycles. The van der Waals surface area contributed by atoms with Crippen LogP contribution < -0.4 is 15.4 Å². The van der Waals surface area contributed by atoms with E-state index in [2.05, 4.69) is 25.8 Å². The summed E-state index contributed by atoms with van der Waals surface area (Å²) in [5.74, 6) is -0.0700. The molecule has 5 rings (SSSR count). The fraction of sp³-hybridized carbons (Fsp3) is 0.500. The Kier molecular flexibility index (Phi) is 10.0. The number of benzene rings is 1. The molecule has 14 heteroatoms. The van der Waals surface area contributed by atoms with Crippen LogP contribution in [0.15, 0.2) is 46.4 Å². The zero-order valence-corrected chi connectivity index (χ0v) is 25.2. The van der Waals surface area contributed by atoms with Gasteiger partial charge in [0.15, 0.2) is 20.7 Å². The van der Waals surface area contributed by atoms with Crippen LogP contribution in [0.2, 0.25) is 0 Å². The van der Waals surface area contributed by atoms with E-state index in [-0.39, 0.29) is 34.7 Å². The molecule has 0 bridgehead atoms. The van der Waals surface area contributed by atoms with E-state index in [1.54, 1.807) is 25.3 Å². The highest BCUT2D eigenvalue weighted by atomic mass is 32.2. The molecule has 2 fully saturated rings. The van der Waals surface area contributed by atoms with Crippen molar-refractivity contribution in [3.8, 4) is 5.88 Å². The number of aromatic nitrogens is 2. The highest BCUT2D eigenvalue weighted by molar-refractivity contribution is 7.91. The number of rotatable bonds is 13. The smallest absolute Gasteiger partial charge is 0.280 e. The molecule has 0 radical (unpaired) electrons. The second-order valence-corrected chi connectivity index (χ2v) is 13.3. The van der Waals surface area contributed by atoms with E-state index in [1.165, 1.54) is 30.6 Å². The predicted octanol–water partition coefficient (Wildman–Crippen LogP) is 3.17. The van der Waals surface area contributed by atoms with Gasteiger partial charge in [-0.1, -0.05) is 28.6 Å². The lowest BCUT2D eigenvalue weighted by Crippen LogP contribution is -2.25. The predicted molar refractivity (Wildman–Crippen MR) is 159 cm³/mol. The van der Waals surface area contributed by atoms with Crippen molar-refractivity contribution in [3.05, 3.63) is 42.0 Å². The molecule has 2 N–H and O–H groups in total. The van der Waals surface area contributed by atoms with E-state index in [4.69, 9.17) is 19.0 Å². The van der Waals surface area contributed by atoms with E-state index >= 15 is 0 Å². The average Bonchev–Trinajstić information content (AvgIpc) is 3.75. The molecule has 2 aromatic heterocycles. The number of hydrogen-bond donors (Lipinski definition) is 2. The lowest BCUT2D eigenvalue weighted by molar-refractivity contribution is -0.110. The first kappa shape index (κ1) is 30.3. The van der Waals surface area contributed by atoms with Crippen LogP contribution in [-0.4, -0.2) is 88.0 Å². The summed E-state index contributed by atoms with van der Waals surface area (Å²) >= 11 is 1.22. The van der Waals surface area contributed by atoms with Gasteiger partial charge in [0.1, 0.15) is 22.6 Å². The zero-order chi connectivity index (χ0) is 29.5. The van der Waals surface area contributed by atoms with Crippen molar-refractivity contribution < 1.29 is 32.3 Å². The number of nitrogens with one attached hydrogen (secondary N) is 2. The molecule has 226 valence electrons. The second kappa shape index (κ2) is 13.9. The van der Waals surface area contributed by atoms with Crippen molar-refractivity contribution in [3.63, 3.8) is 0 Å². The molecular weight excluding hydrogens is 582 g/mol. The minimum atomic E-state index is -3.50. The molecule has 3 atom stereocenters. The second-order valence-electron chi connectivity index (χ2n) is 10.2. The van der Waals surface area contributed by atoms with Crippen LogP contribution in [0.25, 0.3) is 10.3 Å². The molecule has 1 aliphatic carbocycles. The number of methoxy groups -OCH3 is 2. The molecule has 1 amide bonds. The van der Waals surface area contributed by atoms with E-state index in [1.807, 2.05) is 6.07 Å². The van der Waals surface area contributed by atoms with Crippen LogP contribution in [-0.2, 0) is 28.9 Å². The maximum absolute atomic E-state index is 13.5. The van der Waals surface area contributed by atoms with Gasteiger partial charge in [-0.2, -0.15) is 0 Å². The van der Waals surface area contributed by atoms with Crippen LogP contribution in [0, 0.1) is 0 Å². The molecule has 12 nitrogen and oxygen atoms in total. The molecule has 1 saturated carbocycles. The number of oxime groups is 1. The molecule has 2 aliphatic rings. The van der Waals surface area contributed by atoms with E-state index in [0.29, 0.717) is 46.4 Å². The summed E-state index contributed by atoms with van der Waals surface area (Å²) < 4.78 is 41.7. The molecular formula is C28H35N5O7S2. The number of fused-ring (bicyclic) bond motifs is 1. The Morgan fingerprint density at radius 2 is 1.88 bits per heavy atom. The first-order valence-corrected chi connectivity index (χ1v) is 16.4. The molecule has 42 heavy (non-hydrogen) atoms. The number of amides is 1. The average molecular weight is 618 g/mol. The third kappa shape index (κ3) is 7.61. The largest absolute Gasteiger partial charge is 0.473 e. The van der Waals surface area contributed by atoms with Gasteiger partial charge in [0.25, 0.3) is 5.91 Å². The normalized spacial score (nSPS) is 21.1. The zero-order valence-electron chi connectivity index (χ0n) is 23.6. The van der Waals surface area contributed by atoms with Crippen molar-refractivity contribution in [1.82, 2.24) is 15.3 Å². The minimum absolute atomic E-state index is 0.00386. The van der Waals surface area contributed by atoms with Crippen LogP contribution in [0.3, 0.4) is 0 Å². The number of carbonyl (C=O) groups is 1. The summed E-state index contributed by atoms with van der Waals surface area (Å²) in [6.07, 6.45) is 3.52. The molecule has 0 unspecified atom stereocenters. The summed E-state index contributed by atoms with van der Waals surface area (Å²) in [5, 5.41) is 10.6. The number of hydrogen-bond acceptors (Lipinski definition) is 12. The number of sulfone groups is 1. The van der Waals surface area contributed by atoms with Crippen molar-refractivity contribution >= 4 is 48.3 Å². The van der Waals surface area contributed by atoms with Gasteiger partial charge >= 0.3 is 0 Å². The van der Waals surface area contributed by atoms with Crippen molar-refractivity contribution in [1.29, 1.82) is 0 Å². The Morgan fingerprint density at radius 3 is 2.60 bits per heavy atom. The summed E-state index contributed by atoms with van der Waals surface area (Å²) in [7, 11) is -0.309. The third-order valence-corrected chi connectivity index (χ3v) is 9.88. The van der Waals surface area contributed by atoms with E-state index < -0.39 is 15.7 Å². The third-order valence-electron chi connectivity index (χ3n) is 7.18. The van der Waals surface area contributed by atoms with Gasteiger partial charge in [-0.3, -0.25) is 10.1 Å². The lowest BCUT2D eigenvalue weighted by atomic mass is 10.1. The van der Waals surface area contributed by atoms with Gasteiger partial charge < -0.3 is 24.4 Å². The number of anilines is 1. The van der Waals surface area contributed by atoms with Gasteiger partial charge in [0.05, 0.1) is 16.8 Å². The van der Waals surface area contributed by atoms with Gasteiger partial charge in [0.2, 0.25) is 5.88 Å². The van der Waals surface area contributed by atoms with Crippen molar-refractivity contribution in [2.45, 2.75) is 55.3 Å². The first-order chi connectivity index (χ1) is 20.3. The summed E-state index contributed by atoms with van der Waals surface area (Å²) in [4.78, 5) is 29.1. The van der Waals surface area contributed by atoms with E-state index in [0.717, 1.165) is 32.4 Å². The monoisotopic (exact) mass is 617 g/mol. The highest BCUT2D eigenvalue weighted by Gasteiger charge is 2.27. The standard InChI is InChI=1S/C28H35N5O7S2/c1-37-14-3-15-42(35,36)22-8-4-18(5-9-22)25(33-40-20-7-6-19(16-20)38-2)26(34)32-28-30-23-10-11-24(31-27(23)41-28)39-21-12-13-29-17-21/h4-5,8-11,19-21,29H,3,6-7,12-17H2,1-2H3,(H,30,32,34)/t19-,20-,21-/m1/s1. The Bertz CT molecular complexity index is 1500. The maximum atomic E-state index is 13.5. The Hall–Kier alpha value is -3.17. The molecule has 0 spiro atoms. The topological polar surface area (TPSA) is 150 Å².